The average Bonchev–Trinajstić information content (AvgIpc) is 2.24. The Kier molecular flexibility index (Phi) is 4.85. The predicted molar refractivity (Wildman–Crippen MR) is 65.4 cm³/mol. The Labute approximate surface area is 103 Å². The van der Waals surface area contributed by atoms with Gasteiger partial charge in [-0.1, -0.05) is 0 Å². The Morgan fingerprint density at radius 1 is 1.39 bits per heavy atom. The van der Waals surface area contributed by atoms with Crippen molar-refractivity contribution in [2.75, 3.05) is 6.54 Å². The number of aromatic amines is 2. The van der Waals surface area contributed by atoms with Crippen molar-refractivity contribution in [1.29, 1.82) is 0 Å². The molecule has 0 aliphatic heterocycles. The predicted octanol–water partition coefficient (Wildman–Crippen LogP) is -1.20. The van der Waals surface area contributed by atoms with Gasteiger partial charge in [-0.3, -0.25) is 14.6 Å². The van der Waals surface area contributed by atoms with E-state index in [-0.39, 0.29) is 25.3 Å². The van der Waals surface area contributed by atoms with Crippen molar-refractivity contribution >= 4 is 5.91 Å². The van der Waals surface area contributed by atoms with Crippen LogP contribution in [-0.4, -0.2) is 33.6 Å². The maximum absolute atomic E-state index is 11.5. The summed E-state index contributed by atoms with van der Waals surface area (Å²) in [6, 6.07) is 0. The van der Waals surface area contributed by atoms with Crippen LogP contribution in [0.4, 0.5) is 0 Å². The zero-order valence-electron chi connectivity index (χ0n) is 10.4. The van der Waals surface area contributed by atoms with Gasteiger partial charge in [-0.15, -0.1) is 0 Å². The van der Waals surface area contributed by atoms with Gasteiger partial charge < -0.3 is 15.4 Å². The summed E-state index contributed by atoms with van der Waals surface area (Å²) < 4.78 is 0. The van der Waals surface area contributed by atoms with Gasteiger partial charge in [0.2, 0.25) is 5.91 Å². The molecule has 0 radical (unpaired) electrons. The maximum Gasteiger partial charge on any atom is 0.325 e. The van der Waals surface area contributed by atoms with Crippen molar-refractivity contribution in [2.45, 2.75) is 32.8 Å². The Morgan fingerprint density at radius 3 is 2.61 bits per heavy atom. The molecule has 1 heterocycles. The number of aliphatic hydroxyl groups excluding tert-OH is 1. The third-order valence-corrected chi connectivity index (χ3v) is 2.45. The Balaban J connectivity index is 2.62. The second-order valence-electron chi connectivity index (χ2n) is 4.16. The number of hydrogen-bond donors (Lipinski definition) is 4. The number of aliphatic hydroxyl groups is 1. The number of aryl methyl sites for hydroxylation is 1. The summed E-state index contributed by atoms with van der Waals surface area (Å²) in [6.45, 7) is 3.36. The van der Waals surface area contributed by atoms with Gasteiger partial charge in [0, 0.05) is 24.2 Å². The van der Waals surface area contributed by atoms with E-state index in [0.29, 0.717) is 11.3 Å². The van der Waals surface area contributed by atoms with E-state index >= 15 is 0 Å². The Hall–Kier alpha value is -1.89. The molecule has 0 unspecified atom stereocenters. The summed E-state index contributed by atoms with van der Waals surface area (Å²) in [5.74, 6) is -0.249. The van der Waals surface area contributed by atoms with Crippen molar-refractivity contribution in [3.8, 4) is 0 Å². The van der Waals surface area contributed by atoms with Crippen molar-refractivity contribution < 1.29 is 9.90 Å². The van der Waals surface area contributed by atoms with Crippen LogP contribution in [0.25, 0.3) is 0 Å². The van der Waals surface area contributed by atoms with Crippen molar-refractivity contribution in [1.82, 2.24) is 15.3 Å². The molecule has 7 nitrogen and oxygen atoms in total. The van der Waals surface area contributed by atoms with E-state index in [1.165, 1.54) is 0 Å². The van der Waals surface area contributed by atoms with Crippen LogP contribution in [0.2, 0.25) is 0 Å². The molecule has 1 atom stereocenters. The summed E-state index contributed by atoms with van der Waals surface area (Å²) in [6.07, 6.45) is -0.237. The summed E-state index contributed by atoms with van der Waals surface area (Å²) >= 11 is 0. The van der Waals surface area contributed by atoms with E-state index in [9.17, 15) is 14.4 Å². The largest absolute Gasteiger partial charge is 0.392 e. The Morgan fingerprint density at radius 2 is 2.06 bits per heavy atom. The average molecular weight is 255 g/mol. The van der Waals surface area contributed by atoms with Gasteiger partial charge in [-0.25, -0.2) is 4.79 Å². The van der Waals surface area contributed by atoms with Crippen LogP contribution in [0.5, 0.6) is 0 Å². The molecule has 1 amide bonds. The topological polar surface area (TPSA) is 115 Å². The molecule has 0 bridgehead atoms. The van der Waals surface area contributed by atoms with Gasteiger partial charge in [-0.05, 0) is 20.3 Å². The molecule has 1 aromatic rings. The van der Waals surface area contributed by atoms with Gasteiger partial charge >= 0.3 is 5.69 Å². The number of hydrogen-bond acceptors (Lipinski definition) is 4. The van der Waals surface area contributed by atoms with E-state index in [4.69, 9.17) is 5.11 Å². The van der Waals surface area contributed by atoms with Crippen LogP contribution < -0.4 is 16.6 Å². The van der Waals surface area contributed by atoms with Crippen LogP contribution in [0.15, 0.2) is 9.59 Å². The molecule has 0 saturated heterocycles. The van der Waals surface area contributed by atoms with E-state index in [2.05, 4.69) is 15.3 Å². The molecule has 0 aliphatic carbocycles. The quantitative estimate of drug-likeness (QED) is 0.529. The molecule has 0 spiro atoms. The highest BCUT2D eigenvalue weighted by molar-refractivity contribution is 5.76. The number of carbonyl (C=O) groups is 1. The van der Waals surface area contributed by atoms with Crippen LogP contribution in [-0.2, 0) is 11.2 Å². The Bertz CT molecular complexity index is 530. The lowest BCUT2D eigenvalue weighted by Gasteiger charge is -2.07. The van der Waals surface area contributed by atoms with Gasteiger partial charge in [0.1, 0.15) is 0 Å². The van der Waals surface area contributed by atoms with Crippen LogP contribution in [0.1, 0.15) is 24.6 Å². The first-order chi connectivity index (χ1) is 8.40. The van der Waals surface area contributed by atoms with Crippen LogP contribution in [0.3, 0.4) is 0 Å². The minimum Gasteiger partial charge on any atom is -0.392 e. The third kappa shape index (κ3) is 4.17. The van der Waals surface area contributed by atoms with Crippen LogP contribution >= 0.6 is 0 Å². The van der Waals surface area contributed by atoms with Gasteiger partial charge in [0.05, 0.1) is 6.10 Å². The SMILES string of the molecule is Cc1[nH]c(=O)[nH]c(=O)c1CCC(=O)NC[C@@H](C)O. The number of aromatic nitrogens is 2. The fourth-order valence-corrected chi connectivity index (χ4v) is 1.52. The highest BCUT2D eigenvalue weighted by atomic mass is 16.3. The lowest BCUT2D eigenvalue weighted by atomic mass is 10.1. The van der Waals surface area contributed by atoms with Crippen LogP contribution in [0, 0.1) is 6.92 Å². The number of H-pyrrole nitrogens is 2. The highest BCUT2D eigenvalue weighted by Crippen LogP contribution is 1.99. The molecular weight excluding hydrogens is 238 g/mol. The molecule has 0 saturated carbocycles. The van der Waals surface area contributed by atoms with Gasteiger partial charge in [0.15, 0.2) is 0 Å². The molecular formula is C11H17N3O4. The molecule has 7 heteroatoms. The smallest absolute Gasteiger partial charge is 0.325 e. The fraction of sp³-hybridized carbons (Fsp3) is 0.545. The van der Waals surface area contributed by atoms with E-state index in [1.54, 1.807) is 13.8 Å². The number of carbonyl (C=O) groups excluding carboxylic acids is 1. The van der Waals surface area contributed by atoms with E-state index in [1.807, 2.05) is 0 Å². The first-order valence-corrected chi connectivity index (χ1v) is 5.67. The fourth-order valence-electron chi connectivity index (χ4n) is 1.52. The zero-order chi connectivity index (χ0) is 13.7. The third-order valence-electron chi connectivity index (χ3n) is 2.45. The summed E-state index contributed by atoms with van der Waals surface area (Å²) in [7, 11) is 0. The highest BCUT2D eigenvalue weighted by Gasteiger charge is 2.09. The first kappa shape index (κ1) is 14.2. The monoisotopic (exact) mass is 255 g/mol. The molecule has 18 heavy (non-hydrogen) atoms. The van der Waals surface area contributed by atoms with Crippen molar-refractivity contribution in [2.24, 2.45) is 0 Å². The summed E-state index contributed by atoms with van der Waals surface area (Å²) in [5, 5.41) is 11.5. The normalized spacial score (nSPS) is 12.2. The minimum absolute atomic E-state index is 0.128. The first-order valence-electron chi connectivity index (χ1n) is 5.67. The molecule has 0 aliphatic rings. The summed E-state index contributed by atoms with van der Waals surface area (Å²) in [5.41, 5.74) is -0.173. The van der Waals surface area contributed by atoms with E-state index < -0.39 is 17.4 Å². The van der Waals surface area contributed by atoms with E-state index in [0.717, 1.165) is 0 Å². The lowest BCUT2D eigenvalue weighted by Crippen LogP contribution is -2.32. The number of amides is 1. The molecule has 1 aromatic heterocycles. The number of rotatable bonds is 5. The number of nitrogens with one attached hydrogen (secondary N) is 3. The molecule has 0 aromatic carbocycles. The molecule has 100 valence electrons. The van der Waals surface area contributed by atoms with Crippen molar-refractivity contribution in [3.63, 3.8) is 0 Å². The lowest BCUT2D eigenvalue weighted by molar-refractivity contribution is -0.121. The second kappa shape index (κ2) is 6.15. The minimum atomic E-state index is -0.604. The standard InChI is InChI=1S/C11H17N3O4/c1-6(15)5-12-9(16)4-3-8-7(2)13-11(18)14-10(8)17/h6,15H,3-5H2,1-2H3,(H,12,16)(H2,13,14,17,18)/t6-/m1/s1. The maximum atomic E-state index is 11.5. The molecule has 0 fully saturated rings. The second-order valence-corrected chi connectivity index (χ2v) is 4.16. The molecule has 1 rings (SSSR count). The summed E-state index contributed by atoms with van der Waals surface area (Å²) in [4.78, 5) is 38.4. The molecule has 4 N–H and O–H groups in total. The van der Waals surface area contributed by atoms with Gasteiger partial charge in [0.25, 0.3) is 5.56 Å². The van der Waals surface area contributed by atoms with Gasteiger partial charge in [-0.2, -0.15) is 0 Å². The van der Waals surface area contributed by atoms with Crippen molar-refractivity contribution in [3.05, 3.63) is 32.1 Å². The zero-order valence-corrected chi connectivity index (χ0v) is 10.4.